The SMILES string of the molecule is COC1CCN(c2nc(-c3c(C)ccc4n[nH]c(C)c34)nc3c2CN(c2cc(C(C)C)nn2C)CC3)C(C)C1. The molecule has 2 atom stereocenters. The highest BCUT2D eigenvalue weighted by Crippen LogP contribution is 2.38. The van der Waals surface area contributed by atoms with Crippen LogP contribution in [0.4, 0.5) is 11.6 Å². The van der Waals surface area contributed by atoms with E-state index < -0.39 is 0 Å². The van der Waals surface area contributed by atoms with E-state index in [1.54, 1.807) is 0 Å². The number of ether oxygens (including phenoxy) is 1. The molecule has 39 heavy (non-hydrogen) atoms. The molecule has 1 N–H and O–H groups in total. The highest BCUT2D eigenvalue weighted by atomic mass is 16.5. The molecule has 9 nitrogen and oxygen atoms in total. The van der Waals surface area contributed by atoms with Gasteiger partial charge in [0, 0.05) is 74.5 Å². The fourth-order valence-electron chi connectivity index (χ4n) is 6.31. The molecule has 1 saturated heterocycles. The predicted octanol–water partition coefficient (Wildman–Crippen LogP) is 5.06. The number of aryl methyl sites for hydroxylation is 3. The lowest BCUT2D eigenvalue weighted by Gasteiger charge is -2.40. The molecule has 6 rings (SSSR count). The zero-order valence-corrected chi connectivity index (χ0v) is 24.2. The number of H-pyrrole nitrogens is 1. The first-order chi connectivity index (χ1) is 18.7. The van der Waals surface area contributed by atoms with Crippen molar-refractivity contribution in [2.75, 3.05) is 30.0 Å². The second-order valence-corrected chi connectivity index (χ2v) is 11.6. The topological polar surface area (TPSA) is 88.0 Å². The van der Waals surface area contributed by atoms with Crippen molar-refractivity contribution in [1.29, 1.82) is 0 Å². The summed E-state index contributed by atoms with van der Waals surface area (Å²) in [6.45, 7) is 13.5. The Balaban J connectivity index is 1.48. The van der Waals surface area contributed by atoms with Crippen LogP contribution in [0.3, 0.4) is 0 Å². The van der Waals surface area contributed by atoms with Crippen molar-refractivity contribution in [3.63, 3.8) is 0 Å². The molecule has 2 aliphatic rings. The molecular formula is C30H40N8O. The van der Waals surface area contributed by atoms with Gasteiger partial charge < -0.3 is 14.5 Å². The normalized spacial score (nSPS) is 19.8. The quantitative estimate of drug-likeness (QED) is 0.387. The summed E-state index contributed by atoms with van der Waals surface area (Å²) < 4.78 is 7.76. The minimum Gasteiger partial charge on any atom is -0.381 e. The second-order valence-electron chi connectivity index (χ2n) is 11.6. The highest BCUT2D eigenvalue weighted by Gasteiger charge is 2.33. The Morgan fingerprint density at radius 1 is 1.13 bits per heavy atom. The second kappa shape index (κ2) is 9.93. The van der Waals surface area contributed by atoms with Crippen molar-refractivity contribution in [1.82, 2.24) is 29.9 Å². The lowest BCUT2D eigenvalue weighted by Crippen LogP contribution is -2.45. The standard InChI is InChI=1S/C30H40N8O/c1-17(2)25-15-26(36(6)35-25)37-12-11-23-22(16-37)30(38-13-10-21(39-7)14-19(38)4)32-29(31-23)27-18(3)8-9-24-28(27)20(5)33-34-24/h8-9,15,17,19,21H,10-14,16H2,1-7H3,(H,33,34). The molecule has 206 valence electrons. The van der Waals surface area contributed by atoms with Crippen LogP contribution in [0.5, 0.6) is 0 Å². The number of nitrogens with one attached hydrogen (secondary N) is 1. The van der Waals surface area contributed by atoms with Crippen LogP contribution in [-0.4, -0.2) is 62.3 Å². The monoisotopic (exact) mass is 528 g/mol. The van der Waals surface area contributed by atoms with Crippen molar-refractivity contribution in [2.24, 2.45) is 7.05 Å². The van der Waals surface area contributed by atoms with Gasteiger partial charge in [0.25, 0.3) is 0 Å². The predicted molar refractivity (Wildman–Crippen MR) is 155 cm³/mol. The number of anilines is 2. The third-order valence-corrected chi connectivity index (χ3v) is 8.60. The number of hydrogen-bond acceptors (Lipinski definition) is 7. The number of methoxy groups -OCH3 is 1. The van der Waals surface area contributed by atoms with Gasteiger partial charge in [-0.1, -0.05) is 19.9 Å². The van der Waals surface area contributed by atoms with Gasteiger partial charge in [-0.25, -0.2) is 9.97 Å². The van der Waals surface area contributed by atoms with Crippen LogP contribution in [0.25, 0.3) is 22.3 Å². The summed E-state index contributed by atoms with van der Waals surface area (Å²) in [5.74, 6) is 3.41. The van der Waals surface area contributed by atoms with Crippen LogP contribution in [0.15, 0.2) is 18.2 Å². The summed E-state index contributed by atoms with van der Waals surface area (Å²) in [7, 11) is 3.87. The van der Waals surface area contributed by atoms with Gasteiger partial charge in [-0.05, 0) is 51.2 Å². The Hall–Kier alpha value is -3.46. The van der Waals surface area contributed by atoms with Crippen LogP contribution in [0.2, 0.25) is 0 Å². The van der Waals surface area contributed by atoms with Crippen molar-refractivity contribution in [2.45, 2.75) is 78.5 Å². The molecule has 0 radical (unpaired) electrons. The van der Waals surface area contributed by atoms with E-state index >= 15 is 0 Å². The number of aromatic amines is 1. The summed E-state index contributed by atoms with van der Waals surface area (Å²) in [5, 5.41) is 13.6. The zero-order chi connectivity index (χ0) is 27.4. The molecule has 2 unspecified atom stereocenters. The fourth-order valence-corrected chi connectivity index (χ4v) is 6.31. The van der Waals surface area contributed by atoms with Gasteiger partial charge in [0.15, 0.2) is 5.82 Å². The molecule has 0 bridgehead atoms. The third-order valence-electron chi connectivity index (χ3n) is 8.60. The Morgan fingerprint density at radius 3 is 2.67 bits per heavy atom. The van der Waals surface area contributed by atoms with Gasteiger partial charge >= 0.3 is 0 Å². The Morgan fingerprint density at radius 2 is 1.95 bits per heavy atom. The van der Waals surface area contributed by atoms with Crippen molar-refractivity contribution in [3.8, 4) is 11.4 Å². The minimum atomic E-state index is 0.290. The minimum absolute atomic E-state index is 0.290. The van der Waals surface area contributed by atoms with Gasteiger partial charge in [-0.3, -0.25) is 9.78 Å². The van der Waals surface area contributed by atoms with E-state index in [4.69, 9.17) is 19.8 Å². The van der Waals surface area contributed by atoms with Crippen LogP contribution in [-0.2, 0) is 24.8 Å². The molecule has 5 heterocycles. The molecule has 4 aromatic rings. The van der Waals surface area contributed by atoms with E-state index in [9.17, 15) is 0 Å². The van der Waals surface area contributed by atoms with Crippen LogP contribution < -0.4 is 9.80 Å². The summed E-state index contributed by atoms with van der Waals surface area (Å²) in [6.07, 6.45) is 3.14. The summed E-state index contributed by atoms with van der Waals surface area (Å²) in [6, 6.07) is 6.76. The lowest BCUT2D eigenvalue weighted by molar-refractivity contribution is 0.0719. The number of piperidine rings is 1. The molecule has 0 aliphatic carbocycles. The van der Waals surface area contributed by atoms with E-state index in [1.807, 2.05) is 18.8 Å². The van der Waals surface area contributed by atoms with Crippen molar-refractivity contribution in [3.05, 3.63) is 46.4 Å². The molecule has 1 fully saturated rings. The molecule has 0 amide bonds. The first-order valence-electron chi connectivity index (χ1n) is 14.2. The molecular weight excluding hydrogens is 488 g/mol. The number of hydrogen-bond donors (Lipinski definition) is 1. The lowest BCUT2D eigenvalue weighted by atomic mass is 9.97. The number of benzene rings is 1. The van der Waals surface area contributed by atoms with Gasteiger partial charge in [0.1, 0.15) is 11.6 Å². The number of nitrogens with zero attached hydrogens (tertiary/aromatic N) is 7. The summed E-state index contributed by atoms with van der Waals surface area (Å²) >= 11 is 0. The third kappa shape index (κ3) is 4.46. The molecule has 9 heteroatoms. The Labute approximate surface area is 230 Å². The zero-order valence-electron chi connectivity index (χ0n) is 24.2. The van der Waals surface area contributed by atoms with E-state index in [-0.39, 0.29) is 0 Å². The average molecular weight is 529 g/mol. The van der Waals surface area contributed by atoms with Crippen LogP contribution in [0.1, 0.15) is 67.7 Å². The number of aromatic nitrogens is 6. The van der Waals surface area contributed by atoms with Gasteiger partial charge in [0.05, 0.1) is 23.0 Å². The maximum absolute atomic E-state index is 5.74. The van der Waals surface area contributed by atoms with Gasteiger partial charge in [-0.2, -0.15) is 10.2 Å². The first-order valence-corrected chi connectivity index (χ1v) is 14.2. The maximum Gasteiger partial charge on any atom is 0.162 e. The van der Waals surface area contributed by atoms with E-state index in [0.717, 1.165) is 95.5 Å². The largest absolute Gasteiger partial charge is 0.381 e. The molecule has 1 aromatic carbocycles. The summed E-state index contributed by atoms with van der Waals surface area (Å²) in [4.78, 5) is 15.6. The average Bonchev–Trinajstić information content (AvgIpc) is 3.50. The highest BCUT2D eigenvalue weighted by molar-refractivity contribution is 5.96. The molecule has 3 aromatic heterocycles. The van der Waals surface area contributed by atoms with Gasteiger partial charge in [-0.15, -0.1) is 0 Å². The number of fused-ring (bicyclic) bond motifs is 2. The van der Waals surface area contributed by atoms with Crippen molar-refractivity contribution >= 4 is 22.5 Å². The fraction of sp³-hybridized carbons (Fsp3) is 0.533. The van der Waals surface area contributed by atoms with Crippen molar-refractivity contribution < 1.29 is 4.74 Å². The maximum atomic E-state index is 5.74. The molecule has 0 spiro atoms. The van der Waals surface area contributed by atoms with E-state index in [0.29, 0.717) is 18.1 Å². The van der Waals surface area contributed by atoms with Crippen LogP contribution >= 0.6 is 0 Å². The Kier molecular flexibility index (Phi) is 6.57. The van der Waals surface area contributed by atoms with E-state index in [2.05, 4.69) is 72.8 Å². The molecule has 0 saturated carbocycles. The first kappa shape index (κ1) is 25.8. The Bertz CT molecular complexity index is 1520. The molecule has 2 aliphatic heterocycles. The summed E-state index contributed by atoms with van der Waals surface area (Å²) in [5.41, 5.74) is 7.75. The van der Waals surface area contributed by atoms with Crippen LogP contribution in [0, 0.1) is 13.8 Å². The number of rotatable bonds is 5. The van der Waals surface area contributed by atoms with E-state index in [1.165, 1.54) is 5.56 Å². The smallest absolute Gasteiger partial charge is 0.162 e. The van der Waals surface area contributed by atoms with Gasteiger partial charge in [0.2, 0.25) is 0 Å².